The maximum atomic E-state index is 12.5. The molecule has 0 fully saturated rings. The first kappa shape index (κ1) is 18.3. The Morgan fingerprint density at radius 1 is 1.27 bits per heavy atom. The average Bonchev–Trinajstić information content (AvgIpc) is 3.02. The van der Waals surface area contributed by atoms with Gasteiger partial charge in [-0.2, -0.15) is 0 Å². The number of fused-ring (bicyclic) bond motifs is 1. The molecule has 136 valence electrons. The van der Waals surface area contributed by atoms with Crippen LogP contribution in [-0.2, 0) is 4.79 Å². The highest BCUT2D eigenvalue weighted by molar-refractivity contribution is 6.30. The Balaban J connectivity index is 2.10. The molecule has 3 rings (SSSR count). The normalized spacial score (nSPS) is 12.3. The van der Waals surface area contributed by atoms with Crippen molar-refractivity contribution in [2.75, 3.05) is 7.11 Å². The number of nitrogens with zero attached hydrogens (tertiary/aromatic N) is 2. The molecular formula is C20H22ClN3O2. The number of rotatable bonds is 6. The Bertz CT molecular complexity index is 920. The van der Waals surface area contributed by atoms with Crippen LogP contribution < -0.4 is 10.1 Å². The number of ether oxygens (including phenoxy) is 1. The lowest BCUT2D eigenvalue weighted by molar-refractivity contribution is -0.121. The van der Waals surface area contributed by atoms with Gasteiger partial charge in [0.05, 0.1) is 17.8 Å². The van der Waals surface area contributed by atoms with E-state index in [0.717, 1.165) is 22.7 Å². The van der Waals surface area contributed by atoms with Crippen LogP contribution in [0.2, 0.25) is 5.02 Å². The molecule has 2 heterocycles. The molecule has 0 saturated carbocycles. The van der Waals surface area contributed by atoms with E-state index in [9.17, 15) is 4.79 Å². The highest BCUT2D eigenvalue weighted by atomic mass is 35.5. The van der Waals surface area contributed by atoms with Crippen LogP contribution in [0.4, 0.5) is 0 Å². The van der Waals surface area contributed by atoms with E-state index in [1.165, 1.54) is 0 Å². The summed E-state index contributed by atoms with van der Waals surface area (Å²) in [6.45, 7) is 3.90. The van der Waals surface area contributed by atoms with Gasteiger partial charge in [0.15, 0.2) is 0 Å². The summed E-state index contributed by atoms with van der Waals surface area (Å²) < 4.78 is 7.47. The molecule has 0 saturated heterocycles. The van der Waals surface area contributed by atoms with Gasteiger partial charge >= 0.3 is 0 Å². The molecule has 1 aromatic carbocycles. The van der Waals surface area contributed by atoms with Crippen molar-refractivity contribution in [1.29, 1.82) is 0 Å². The van der Waals surface area contributed by atoms with Crippen LogP contribution in [0.25, 0.3) is 5.65 Å². The number of benzene rings is 1. The van der Waals surface area contributed by atoms with Crippen LogP contribution in [-0.4, -0.2) is 28.4 Å². The van der Waals surface area contributed by atoms with Crippen molar-refractivity contribution in [1.82, 2.24) is 14.7 Å². The SMILES string of the molecule is COc1ccccc1[C@@H](CC(=O)NC(C)C)c1cnc2ccc(Cl)cn12. The van der Waals surface area contributed by atoms with Crippen LogP contribution in [0, 0.1) is 0 Å². The van der Waals surface area contributed by atoms with Gasteiger partial charge in [-0.3, -0.25) is 4.79 Å². The lowest BCUT2D eigenvalue weighted by Crippen LogP contribution is -2.31. The lowest BCUT2D eigenvalue weighted by atomic mass is 9.91. The first-order chi connectivity index (χ1) is 12.5. The van der Waals surface area contributed by atoms with Crippen molar-refractivity contribution in [2.24, 2.45) is 0 Å². The predicted molar refractivity (Wildman–Crippen MR) is 103 cm³/mol. The molecule has 0 aliphatic rings. The fraction of sp³-hybridized carbons (Fsp3) is 0.300. The van der Waals surface area contributed by atoms with Crippen molar-refractivity contribution < 1.29 is 9.53 Å². The second-order valence-corrected chi connectivity index (χ2v) is 6.92. The van der Waals surface area contributed by atoms with Crippen LogP contribution in [0.1, 0.15) is 37.4 Å². The van der Waals surface area contributed by atoms with Gasteiger partial charge in [0.2, 0.25) is 5.91 Å². The summed E-state index contributed by atoms with van der Waals surface area (Å²) in [5, 5.41) is 3.58. The summed E-state index contributed by atoms with van der Waals surface area (Å²) in [4.78, 5) is 17.0. The highest BCUT2D eigenvalue weighted by Gasteiger charge is 2.25. The van der Waals surface area contributed by atoms with Crippen molar-refractivity contribution in [3.05, 3.63) is 65.1 Å². The second-order valence-electron chi connectivity index (χ2n) is 6.48. The maximum Gasteiger partial charge on any atom is 0.221 e. The summed E-state index contributed by atoms with van der Waals surface area (Å²) >= 11 is 6.18. The minimum absolute atomic E-state index is 0.0205. The molecule has 6 heteroatoms. The molecule has 0 spiro atoms. The molecular weight excluding hydrogens is 350 g/mol. The second kappa shape index (κ2) is 7.79. The number of halogens is 1. The topological polar surface area (TPSA) is 55.6 Å². The number of pyridine rings is 1. The molecule has 1 atom stereocenters. The molecule has 1 amide bonds. The highest BCUT2D eigenvalue weighted by Crippen LogP contribution is 2.35. The number of carbonyl (C=O) groups is 1. The van der Waals surface area contributed by atoms with Crippen molar-refractivity contribution >= 4 is 23.2 Å². The Kier molecular flexibility index (Phi) is 5.47. The summed E-state index contributed by atoms with van der Waals surface area (Å²) in [6, 6.07) is 11.5. The van der Waals surface area contributed by atoms with E-state index in [4.69, 9.17) is 16.3 Å². The quantitative estimate of drug-likeness (QED) is 0.711. The van der Waals surface area contributed by atoms with Crippen LogP contribution in [0.5, 0.6) is 5.75 Å². The number of aromatic nitrogens is 2. The monoisotopic (exact) mass is 371 g/mol. The average molecular weight is 372 g/mol. The molecule has 0 unspecified atom stereocenters. The first-order valence-electron chi connectivity index (χ1n) is 8.54. The van der Waals surface area contributed by atoms with Gasteiger partial charge in [0.25, 0.3) is 0 Å². The number of nitrogens with one attached hydrogen (secondary N) is 1. The van der Waals surface area contributed by atoms with Crippen LogP contribution in [0.15, 0.2) is 48.8 Å². The van der Waals surface area contributed by atoms with E-state index in [0.29, 0.717) is 11.4 Å². The van der Waals surface area contributed by atoms with Gasteiger partial charge in [-0.15, -0.1) is 0 Å². The molecule has 5 nitrogen and oxygen atoms in total. The molecule has 26 heavy (non-hydrogen) atoms. The van der Waals surface area contributed by atoms with Crippen LogP contribution in [0.3, 0.4) is 0 Å². The number of amides is 1. The Morgan fingerprint density at radius 2 is 2.04 bits per heavy atom. The molecule has 3 aromatic rings. The number of carbonyl (C=O) groups excluding carboxylic acids is 1. The summed E-state index contributed by atoms with van der Waals surface area (Å²) in [5.41, 5.74) is 2.62. The molecule has 0 bridgehead atoms. The molecule has 1 N–H and O–H groups in total. The Morgan fingerprint density at radius 3 is 2.77 bits per heavy atom. The molecule has 0 radical (unpaired) electrons. The smallest absolute Gasteiger partial charge is 0.221 e. The third-order valence-electron chi connectivity index (χ3n) is 4.21. The van der Waals surface area contributed by atoms with Crippen LogP contribution >= 0.6 is 11.6 Å². The Labute approximate surface area is 158 Å². The molecule has 0 aliphatic carbocycles. The number of methoxy groups -OCH3 is 1. The fourth-order valence-electron chi connectivity index (χ4n) is 3.13. The van der Waals surface area contributed by atoms with Crippen molar-refractivity contribution in [3.63, 3.8) is 0 Å². The zero-order valence-electron chi connectivity index (χ0n) is 15.1. The Hall–Kier alpha value is -2.53. The van der Waals surface area contributed by atoms with E-state index >= 15 is 0 Å². The third-order valence-corrected chi connectivity index (χ3v) is 4.43. The summed E-state index contributed by atoms with van der Waals surface area (Å²) in [7, 11) is 1.63. The third kappa shape index (κ3) is 3.83. The number of para-hydroxylation sites is 1. The van der Waals surface area contributed by atoms with Gasteiger partial charge < -0.3 is 14.5 Å². The first-order valence-corrected chi connectivity index (χ1v) is 8.92. The minimum Gasteiger partial charge on any atom is -0.496 e. The van der Waals surface area contributed by atoms with Gasteiger partial charge in [-0.25, -0.2) is 4.98 Å². The van der Waals surface area contributed by atoms with Gasteiger partial charge in [0.1, 0.15) is 11.4 Å². The zero-order valence-corrected chi connectivity index (χ0v) is 15.8. The predicted octanol–water partition coefficient (Wildman–Crippen LogP) is 4.04. The largest absolute Gasteiger partial charge is 0.496 e. The van der Waals surface area contributed by atoms with E-state index in [1.807, 2.05) is 54.8 Å². The van der Waals surface area contributed by atoms with E-state index in [1.54, 1.807) is 19.4 Å². The van der Waals surface area contributed by atoms with E-state index in [-0.39, 0.29) is 17.9 Å². The zero-order chi connectivity index (χ0) is 18.7. The maximum absolute atomic E-state index is 12.5. The lowest BCUT2D eigenvalue weighted by Gasteiger charge is -2.20. The van der Waals surface area contributed by atoms with Crippen molar-refractivity contribution in [2.45, 2.75) is 32.2 Å². The summed E-state index contributed by atoms with van der Waals surface area (Å²) in [5.74, 6) is 0.512. The fourth-order valence-corrected chi connectivity index (χ4v) is 3.29. The van der Waals surface area contributed by atoms with Gasteiger partial charge in [-0.1, -0.05) is 29.8 Å². The number of hydrogen-bond acceptors (Lipinski definition) is 3. The number of hydrogen-bond donors (Lipinski definition) is 1. The van der Waals surface area contributed by atoms with E-state index in [2.05, 4.69) is 10.3 Å². The molecule has 2 aromatic heterocycles. The van der Waals surface area contributed by atoms with E-state index < -0.39 is 0 Å². The van der Waals surface area contributed by atoms with Gasteiger partial charge in [0, 0.05) is 36.3 Å². The number of imidazole rings is 1. The summed E-state index contributed by atoms with van der Waals surface area (Å²) in [6.07, 6.45) is 3.91. The van der Waals surface area contributed by atoms with Gasteiger partial charge in [-0.05, 0) is 32.0 Å². The van der Waals surface area contributed by atoms with Crippen molar-refractivity contribution in [3.8, 4) is 5.75 Å². The standard InChI is InChI=1S/C20H22ClN3O2/c1-13(2)23-20(25)10-16(15-6-4-5-7-18(15)26-3)17-11-22-19-9-8-14(21)12-24(17)19/h4-9,11-13,16H,10H2,1-3H3,(H,23,25)/t16-/m1/s1. The molecule has 0 aliphatic heterocycles. The minimum atomic E-state index is -0.210.